The Labute approximate surface area is 120 Å². The molecule has 20 heavy (non-hydrogen) atoms. The van der Waals surface area contributed by atoms with E-state index in [1.807, 2.05) is 0 Å². The number of carbonyl (C=O) groups excluding carboxylic acids is 1. The summed E-state index contributed by atoms with van der Waals surface area (Å²) in [6.07, 6.45) is 5.70. The van der Waals surface area contributed by atoms with Crippen LogP contribution in [0.4, 0.5) is 5.00 Å². The van der Waals surface area contributed by atoms with Gasteiger partial charge in [-0.15, -0.1) is 11.3 Å². The molecule has 1 aromatic rings. The number of thiophene rings is 1. The molecule has 7 heteroatoms. The summed E-state index contributed by atoms with van der Waals surface area (Å²) < 4.78 is 0. The van der Waals surface area contributed by atoms with Gasteiger partial charge in [-0.25, -0.2) is 10.4 Å². The van der Waals surface area contributed by atoms with Crippen LogP contribution in [0.25, 0.3) is 0 Å². The minimum absolute atomic E-state index is 0.207. The van der Waals surface area contributed by atoms with Crippen molar-refractivity contribution in [2.45, 2.75) is 25.7 Å². The maximum absolute atomic E-state index is 11.5. The number of nitriles is 1. The van der Waals surface area contributed by atoms with Crippen LogP contribution in [-0.4, -0.2) is 18.0 Å². The van der Waals surface area contributed by atoms with Crippen LogP contribution in [0.1, 0.15) is 28.8 Å². The first kappa shape index (κ1) is 12.8. The highest BCUT2D eigenvalue weighted by Gasteiger charge is 2.27. The summed E-state index contributed by atoms with van der Waals surface area (Å²) in [6.45, 7) is 0. The third-order valence-corrected chi connectivity index (χ3v) is 4.70. The number of amides is 1. The van der Waals surface area contributed by atoms with Crippen molar-refractivity contribution in [3.63, 3.8) is 0 Å². The van der Waals surface area contributed by atoms with Crippen molar-refractivity contribution in [2.75, 3.05) is 0 Å². The summed E-state index contributed by atoms with van der Waals surface area (Å²) in [5, 5.41) is 13.6. The number of rotatable bonds is 2. The molecule has 1 aliphatic heterocycles. The molecule has 0 bridgehead atoms. The molecule has 1 aromatic heterocycles. The van der Waals surface area contributed by atoms with E-state index in [1.165, 1.54) is 22.4 Å². The first-order chi connectivity index (χ1) is 9.70. The molecule has 6 nitrogen and oxygen atoms in total. The monoisotopic (exact) mass is 287 g/mol. The van der Waals surface area contributed by atoms with Gasteiger partial charge in [-0.3, -0.25) is 4.79 Å². The van der Waals surface area contributed by atoms with Gasteiger partial charge < -0.3 is 5.73 Å². The Bertz CT molecular complexity index is 667. The number of nitrogens with one attached hydrogen (secondary N) is 1. The highest BCUT2D eigenvalue weighted by molar-refractivity contribution is 7.16. The van der Waals surface area contributed by atoms with Crippen molar-refractivity contribution >= 4 is 34.3 Å². The predicted molar refractivity (Wildman–Crippen MR) is 77.1 cm³/mol. The average Bonchev–Trinajstić information content (AvgIpc) is 2.97. The largest absolute Gasteiger partial charge is 0.385 e. The number of nitrogens with zero attached hydrogens (tertiary/aromatic N) is 3. The van der Waals surface area contributed by atoms with Crippen LogP contribution in [0, 0.1) is 17.2 Å². The fraction of sp³-hybridized carbons (Fsp3) is 0.385. The standard InChI is InChI=1S/C13H13N5OS/c14-5-8-7-3-1-2-4-10(7)20-13(8)16-6-9-11(15)17-18-12(9)19/h6,9H,1-4H2,(H2,15,17)(H,18,19). The molecule has 0 radical (unpaired) electrons. The highest BCUT2D eigenvalue weighted by atomic mass is 32.1. The number of hydrazone groups is 1. The van der Waals surface area contributed by atoms with Crippen LogP contribution in [0.5, 0.6) is 0 Å². The minimum Gasteiger partial charge on any atom is -0.385 e. The summed E-state index contributed by atoms with van der Waals surface area (Å²) >= 11 is 1.54. The van der Waals surface area contributed by atoms with E-state index in [4.69, 9.17) is 5.73 Å². The minimum atomic E-state index is -0.638. The van der Waals surface area contributed by atoms with Crippen LogP contribution in [0.2, 0.25) is 0 Å². The number of fused-ring (bicyclic) bond motifs is 1. The number of aryl methyl sites for hydroxylation is 1. The molecular weight excluding hydrogens is 274 g/mol. The smallest absolute Gasteiger partial charge is 0.256 e. The third kappa shape index (κ3) is 2.08. The number of carbonyl (C=O) groups is 1. The highest BCUT2D eigenvalue weighted by Crippen LogP contribution is 2.39. The summed E-state index contributed by atoms with van der Waals surface area (Å²) in [5.41, 5.74) is 9.70. The van der Waals surface area contributed by atoms with E-state index >= 15 is 0 Å². The van der Waals surface area contributed by atoms with Crippen LogP contribution in [-0.2, 0) is 17.6 Å². The van der Waals surface area contributed by atoms with E-state index in [0.29, 0.717) is 10.6 Å². The Morgan fingerprint density at radius 3 is 3.00 bits per heavy atom. The zero-order valence-corrected chi connectivity index (χ0v) is 11.5. The number of nitrogens with two attached hydrogens (primary N) is 1. The van der Waals surface area contributed by atoms with Crippen LogP contribution in [0.15, 0.2) is 10.1 Å². The maximum Gasteiger partial charge on any atom is 0.256 e. The topological polar surface area (TPSA) is 104 Å². The first-order valence-electron chi connectivity index (χ1n) is 6.42. The Morgan fingerprint density at radius 1 is 1.50 bits per heavy atom. The second-order valence-corrected chi connectivity index (χ2v) is 5.86. The second-order valence-electron chi connectivity index (χ2n) is 4.77. The van der Waals surface area contributed by atoms with Gasteiger partial charge in [0.05, 0.1) is 5.56 Å². The van der Waals surface area contributed by atoms with Crippen LogP contribution in [0.3, 0.4) is 0 Å². The normalized spacial score (nSPS) is 21.4. The van der Waals surface area contributed by atoms with E-state index in [2.05, 4.69) is 21.6 Å². The SMILES string of the molecule is N#Cc1c(N=CC2C(=O)NN=C2N)sc2c1CCCC2. The molecule has 1 amide bonds. The van der Waals surface area contributed by atoms with E-state index < -0.39 is 5.92 Å². The summed E-state index contributed by atoms with van der Waals surface area (Å²) in [5.74, 6) is -0.717. The quantitative estimate of drug-likeness (QED) is 0.799. The van der Waals surface area contributed by atoms with E-state index in [9.17, 15) is 10.1 Å². The zero-order valence-electron chi connectivity index (χ0n) is 10.7. The molecule has 2 aliphatic rings. The lowest BCUT2D eigenvalue weighted by Crippen LogP contribution is -2.28. The Morgan fingerprint density at radius 2 is 2.30 bits per heavy atom. The van der Waals surface area contributed by atoms with Gasteiger partial charge in [-0.2, -0.15) is 10.4 Å². The average molecular weight is 287 g/mol. The lowest BCUT2D eigenvalue weighted by molar-refractivity contribution is -0.120. The molecule has 1 unspecified atom stereocenters. The van der Waals surface area contributed by atoms with Gasteiger partial charge in [0, 0.05) is 11.1 Å². The van der Waals surface area contributed by atoms with Gasteiger partial charge in [-0.1, -0.05) is 0 Å². The second kappa shape index (κ2) is 5.06. The fourth-order valence-corrected chi connectivity index (χ4v) is 3.63. The van der Waals surface area contributed by atoms with E-state index in [-0.39, 0.29) is 11.7 Å². The number of hydrogen-bond acceptors (Lipinski definition) is 6. The van der Waals surface area contributed by atoms with Crippen molar-refractivity contribution in [3.8, 4) is 6.07 Å². The van der Waals surface area contributed by atoms with E-state index in [0.717, 1.165) is 31.2 Å². The van der Waals surface area contributed by atoms with Gasteiger partial charge in [0.2, 0.25) is 0 Å². The molecule has 0 aromatic carbocycles. The van der Waals surface area contributed by atoms with Crippen molar-refractivity contribution in [3.05, 3.63) is 16.0 Å². The van der Waals surface area contributed by atoms with Gasteiger partial charge in [0.15, 0.2) is 0 Å². The van der Waals surface area contributed by atoms with E-state index in [1.54, 1.807) is 0 Å². The lowest BCUT2D eigenvalue weighted by Gasteiger charge is -2.09. The number of amidine groups is 1. The summed E-state index contributed by atoms with van der Waals surface area (Å²) in [4.78, 5) is 17.1. The van der Waals surface area contributed by atoms with Crippen molar-refractivity contribution < 1.29 is 4.79 Å². The third-order valence-electron chi connectivity index (χ3n) is 3.50. The fourth-order valence-electron chi connectivity index (χ4n) is 2.44. The molecule has 0 saturated heterocycles. The summed E-state index contributed by atoms with van der Waals surface area (Å²) in [7, 11) is 0. The van der Waals surface area contributed by atoms with Crippen molar-refractivity contribution in [1.82, 2.24) is 5.43 Å². The Balaban J connectivity index is 1.92. The van der Waals surface area contributed by atoms with Crippen LogP contribution < -0.4 is 11.2 Å². The van der Waals surface area contributed by atoms with Crippen LogP contribution >= 0.6 is 11.3 Å². The van der Waals surface area contributed by atoms with Gasteiger partial charge in [0.25, 0.3) is 5.91 Å². The molecule has 1 aliphatic carbocycles. The number of aliphatic imine (C=N–C) groups is 1. The molecule has 0 fully saturated rings. The number of hydrogen-bond donors (Lipinski definition) is 2. The van der Waals surface area contributed by atoms with Crippen molar-refractivity contribution in [2.24, 2.45) is 21.7 Å². The van der Waals surface area contributed by atoms with Crippen molar-refractivity contribution in [1.29, 1.82) is 5.26 Å². The van der Waals surface area contributed by atoms with Gasteiger partial charge in [-0.05, 0) is 31.2 Å². The van der Waals surface area contributed by atoms with Gasteiger partial charge >= 0.3 is 0 Å². The molecule has 3 rings (SSSR count). The Hall–Kier alpha value is -2.20. The summed E-state index contributed by atoms with van der Waals surface area (Å²) in [6, 6.07) is 2.24. The first-order valence-corrected chi connectivity index (χ1v) is 7.24. The molecule has 2 heterocycles. The zero-order chi connectivity index (χ0) is 14.1. The molecule has 1 atom stereocenters. The molecule has 0 spiro atoms. The predicted octanol–water partition coefficient (Wildman–Crippen LogP) is 1.22. The molecule has 102 valence electrons. The Kier molecular flexibility index (Phi) is 3.24. The molecular formula is C13H13N5OS. The molecule has 0 saturated carbocycles. The lowest BCUT2D eigenvalue weighted by atomic mass is 9.96. The van der Waals surface area contributed by atoms with Gasteiger partial charge in [0.1, 0.15) is 22.8 Å². The maximum atomic E-state index is 11.5. The molecule has 3 N–H and O–H groups in total.